The normalized spacial score (nSPS) is 26.5. The Labute approximate surface area is 124 Å². The maximum Gasteiger partial charge on any atom is 0.287 e. The van der Waals surface area contributed by atoms with Crippen molar-refractivity contribution in [3.05, 3.63) is 21.6 Å². The van der Waals surface area contributed by atoms with Crippen LogP contribution in [0.3, 0.4) is 0 Å². The van der Waals surface area contributed by atoms with E-state index in [4.69, 9.17) is 16.7 Å². The number of halogens is 1. The lowest BCUT2D eigenvalue weighted by Crippen LogP contribution is -2.32. The van der Waals surface area contributed by atoms with Crippen molar-refractivity contribution < 1.29 is 5.11 Å². The average molecular weight is 300 g/mol. The number of nitrogens with one attached hydrogen (secondary N) is 1. The van der Waals surface area contributed by atoms with Crippen molar-refractivity contribution in [1.82, 2.24) is 9.78 Å². The van der Waals surface area contributed by atoms with Crippen LogP contribution in [0, 0.1) is 11.8 Å². The van der Waals surface area contributed by atoms with Crippen molar-refractivity contribution in [2.24, 2.45) is 11.8 Å². The maximum absolute atomic E-state index is 12.0. The predicted octanol–water partition coefficient (Wildman–Crippen LogP) is 2.13. The summed E-state index contributed by atoms with van der Waals surface area (Å²) in [5.41, 5.74) is 0.236. The summed E-state index contributed by atoms with van der Waals surface area (Å²) in [5, 5.41) is 16.4. The number of rotatable bonds is 4. The summed E-state index contributed by atoms with van der Waals surface area (Å²) in [4.78, 5) is 12.0. The summed E-state index contributed by atoms with van der Waals surface area (Å²) in [6, 6.07) is 0.334. The van der Waals surface area contributed by atoms with Gasteiger partial charge in [-0.05, 0) is 31.1 Å². The highest BCUT2D eigenvalue weighted by atomic mass is 35.5. The highest BCUT2D eigenvalue weighted by Crippen LogP contribution is 2.31. The molecule has 0 saturated heterocycles. The molecule has 0 aromatic carbocycles. The lowest BCUT2D eigenvalue weighted by molar-refractivity contribution is 0.266. The Morgan fingerprint density at radius 3 is 2.65 bits per heavy atom. The van der Waals surface area contributed by atoms with E-state index in [1.165, 1.54) is 11.1 Å². The molecule has 0 amide bonds. The van der Waals surface area contributed by atoms with Gasteiger partial charge in [0, 0.05) is 6.04 Å². The zero-order valence-corrected chi connectivity index (χ0v) is 12.7. The highest BCUT2D eigenvalue weighted by molar-refractivity contribution is 6.32. The molecule has 0 bridgehead atoms. The van der Waals surface area contributed by atoms with Gasteiger partial charge in [0.25, 0.3) is 5.56 Å². The lowest BCUT2D eigenvalue weighted by atomic mass is 9.80. The molecule has 0 radical (unpaired) electrons. The summed E-state index contributed by atoms with van der Waals surface area (Å²) < 4.78 is 1.18. The van der Waals surface area contributed by atoms with E-state index in [2.05, 4.69) is 24.3 Å². The van der Waals surface area contributed by atoms with E-state index in [1.807, 2.05) is 0 Å². The number of aliphatic hydroxyl groups is 1. The summed E-state index contributed by atoms with van der Waals surface area (Å²) in [6.07, 6.45) is 4.99. The van der Waals surface area contributed by atoms with E-state index in [0.717, 1.165) is 12.8 Å². The highest BCUT2D eigenvalue weighted by Gasteiger charge is 2.24. The first kappa shape index (κ1) is 15.3. The molecule has 1 aromatic heterocycles. The SMILES string of the molecule is CC1CC(C)CC(Nc2cnn(CCO)c(=O)c2Cl)C1. The molecule has 2 atom stereocenters. The number of aromatic nitrogens is 2. The molecule has 0 spiro atoms. The molecule has 1 heterocycles. The second-order valence-corrected chi connectivity index (χ2v) is 6.26. The lowest BCUT2D eigenvalue weighted by Gasteiger charge is -2.32. The molecule has 1 aliphatic carbocycles. The van der Waals surface area contributed by atoms with Gasteiger partial charge < -0.3 is 10.4 Å². The first-order chi connectivity index (χ1) is 9.51. The largest absolute Gasteiger partial charge is 0.394 e. The molecule has 1 saturated carbocycles. The molecule has 1 aliphatic rings. The molecule has 2 rings (SSSR count). The van der Waals surface area contributed by atoms with Crippen molar-refractivity contribution in [2.45, 2.75) is 45.7 Å². The standard InChI is InChI=1S/C14H22ClN3O2/c1-9-5-10(2)7-11(6-9)17-12-8-16-18(3-4-19)14(20)13(12)15/h8-11,17,19H,3-7H2,1-2H3. The van der Waals surface area contributed by atoms with E-state index in [9.17, 15) is 4.79 Å². The van der Waals surface area contributed by atoms with E-state index >= 15 is 0 Å². The van der Waals surface area contributed by atoms with Gasteiger partial charge >= 0.3 is 0 Å². The molecule has 2 unspecified atom stereocenters. The molecule has 20 heavy (non-hydrogen) atoms. The van der Waals surface area contributed by atoms with E-state index in [1.54, 1.807) is 6.20 Å². The summed E-state index contributed by atoms with van der Waals surface area (Å²) in [5.74, 6) is 1.36. The molecule has 2 N–H and O–H groups in total. The fourth-order valence-electron chi connectivity index (χ4n) is 3.10. The molecule has 0 aliphatic heterocycles. The average Bonchev–Trinajstić information content (AvgIpc) is 2.37. The van der Waals surface area contributed by atoms with Crippen LogP contribution in [0.4, 0.5) is 5.69 Å². The second-order valence-electron chi connectivity index (χ2n) is 5.88. The van der Waals surface area contributed by atoms with Crippen LogP contribution in [0.25, 0.3) is 0 Å². The zero-order chi connectivity index (χ0) is 14.7. The van der Waals surface area contributed by atoms with Gasteiger partial charge in [0.05, 0.1) is 25.0 Å². The van der Waals surface area contributed by atoms with Crippen LogP contribution < -0.4 is 10.9 Å². The van der Waals surface area contributed by atoms with Gasteiger partial charge in [-0.2, -0.15) is 5.10 Å². The Kier molecular flexibility index (Phi) is 5.05. The summed E-state index contributed by atoms with van der Waals surface area (Å²) in [6.45, 7) is 4.54. The quantitative estimate of drug-likeness (QED) is 0.894. The van der Waals surface area contributed by atoms with Crippen LogP contribution in [0.15, 0.2) is 11.0 Å². The van der Waals surface area contributed by atoms with Crippen LogP contribution in [-0.2, 0) is 6.54 Å². The first-order valence-corrected chi connectivity index (χ1v) is 7.52. The van der Waals surface area contributed by atoms with E-state index < -0.39 is 0 Å². The molecule has 112 valence electrons. The summed E-state index contributed by atoms with van der Waals surface area (Å²) in [7, 11) is 0. The van der Waals surface area contributed by atoms with Crippen molar-refractivity contribution >= 4 is 17.3 Å². The minimum absolute atomic E-state index is 0.131. The Hall–Kier alpha value is -1.07. The predicted molar refractivity (Wildman–Crippen MR) is 80.2 cm³/mol. The minimum atomic E-state index is -0.359. The van der Waals surface area contributed by atoms with Crippen LogP contribution in [0.5, 0.6) is 0 Å². The fourth-order valence-corrected chi connectivity index (χ4v) is 3.31. The van der Waals surface area contributed by atoms with Gasteiger partial charge in [0.15, 0.2) is 0 Å². The topological polar surface area (TPSA) is 67.2 Å². The number of aliphatic hydroxyl groups excluding tert-OH is 1. The number of hydrogen-bond donors (Lipinski definition) is 2. The van der Waals surface area contributed by atoms with Crippen molar-refractivity contribution in [3.63, 3.8) is 0 Å². The van der Waals surface area contributed by atoms with Crippen LogP contribution in [-0.4, -0.2) is 27.5 Å². The molecular weight excluding hydrogens is 278 g/mol. The van der Waals surface area contributed by atoms with Crippen molar-refractivity contribution in [1.29, 1.82) is 0 Å². The van der Waals surface area contributed by atoms with Gasteiger partial charge in [-0.25, -0.2) is 4.68 Å². The molecule has 6 heteroatoms. The second kappa shape index (κ2) is 6.59. The van der Waals surface area contributed by atoms with Gasteiger partial charge in [0.2, 0.25) is 0 Å². The molecule has 1 aromatic rings. The number of hydrogen-bond acceptors (Lipinski definition) is 4. The fraction of sp³-hybridized carbons (Fsp3) is 0.714. The van der Waals surface area contributed by atoms with Gasteiger partial charge in [-0.3, -0.25) is 4.79 Å². The van der Waals surface area contributed by atoms with Crippen LogP contribution >= 0.6 is 11.6 Å². The third kappa shape index (κ3) is 3.52. The Morgan fingerprint density at radius 2 is 2.05 bits per heavy atom. The van der Waals surface area contributed by atoms with E-state index in [0.29, 0.717) is 23.6 Å². The van der Waals surface area contributed by atoms with E-state index in [-0.39, 0.29) is 23.7 Å². The monoisotopic (exact) mass is 299 g/mol. The Morgan fingerprint density at radius 1 is 1.40 bits per heavy atom. The zero-order valence-electron chi connectivity index (χ0n) is 12.0. The molecular formula is C14H22ClN3O2. The molecule has 1 fully saturated rings. The third-order valence-electron chi connectivity index (χ3n) is 3.83. The summed E-state index contributed by atoms with van der Waals surface area (Å²) >= 11 is 6.11. The van der Waals surface area contributed by atoms with Crippen molar-refractivity contribution in [2.75, 3.05) is 11.9 Å². The van der Waals surface area contributed by atoms with Gasteiger partial charge in [0.1, 0.15) is 5.02 Å². The van der Waals surface area contributed by atoms with Crippen LogP contribution in [0.1, 0.15) is 33.1 Å². The van der Waals surface area contributed by atoms with Crippen molar-refractivity contribution in [3.8, 4) is 0 Å². The van der Waals surface area contributed by atoms with Crippen LogP contribution in [0.2, 0.25) is 5.02 Å². The third-order valence-corrected chi connectivity index (χ3v) is 4.20. The Bertz CT molecular complexity index is 508. The van der Waals surface area contributed by atoms with Gasteiger partial charge in [-0.1, -0.05) is 25.4 Å². The molecule has 5 nitrogen and oxygen atoms in total. The maximum atomic E-state index is 12.0. The Balaban J connectivity index is 2.13. The number of anilines is 1. The first-order valence-electron chi connectivity index (χ1n) is 7.14. The number of nitrogens with zero attached hydrogens (tertiary/aromatic N) is 2. The smallest absolute Gasteiger partial charge is 0.287 e. The van der Waals surface area contributed by atoms with Gasteiger partial charge in [-0.15, -0.1) is 0 Å². The minimum Gasteiger partial charge on any atom is -0.394 e.